The molecule has 1 atom stereocenters. The van der Waals surface area contributed by atoms with Crippen molar-refractivity contribution in [2.24, 2.45) is 0 Å². The van der Waals surface area contributed by atoms with Gasteiger partial charge in [-0.1, -0.05) is 18.2 Å². The lowest BCUT2D eigenvalue weighted by molar-refractivity contribution is -0.137. The number of carboxylic acids is 1. The molecule has 3 aromatic carbocycles. The van der Waals surface area contributed by atoms with Crippen LogP contribution in [0.25, 0.3) is 0 Å². The second-order valence-corrected chi connectivity index (χ2v) is 8.68. The number of carbonyl (C=O) groups excluding carboxylic acids is 2. The van der Waals surface area contributed by atoms with Gasteiger partial charge in [0.15, 0.2) is 11.5 Å². The number of fused-ring (bicyclic) bond motifs is 1. The number of methoxy groups -OCH3 is 2. The van der Waals surface area contributed by atoms with E-state index in [-0.39, 0.29) is 30.3 Å². The fourth-order valence-electron chi connectivity index (χ4n) is 4.30. The van der Waals surface area contributed by atoms with Crippen molar-refractivity contribution < 1.29 is 29.0 Å². The molecule has 4 rings (SSSR count). The second kappa shape index (κ2) is 12.9. The van der Waals surface area contributed by atoms with Crippen molar-refractivity contribution in [1.82, 2.24) is 10.6 Å². The molecule has 1 aliphatic rings. The van der Waals surface area contributed by atoms with E-state index in [1.807, 2.05) is 18.2 Å². The first-order valence-electron chi connectivity index (χ1n) is 11.9. The first-order valence-corrected chi connectivity index (χ1v) is 11.9. The van der Waals surface area contributed by atoms with Crippen LogP contribution in [0.3, 0.4) is 0 Å². The average molecular weight is 540 g/mol. The van der Waals surface area contributed by atoms with Crippen LogP contribution in [0.2, 0.25) is 0 Å². The molecule has 0 aromatic heterocycles. The normalized spacial score (nSPS) is 12.8. The molecule has 4 N–H and O–H groups in total. The summed E-state index contributed by atoms with van der Waals surface area (Å²) in [5, 5.41) is 18.4. The van der Waals surface area contributed by atoms with Gasteiger partial charge in [0.05, 0.1) is 26.7 Å². The zero-order valence-electron chi connectivity index (χ0n) is 21.1. The number of hydrogen-bond donors (Lipinski definition) is 4. The van der Waals surface area contributed by atoms with Crippen molar-refractivity contribution in [1.29, 1.82) is 0 Å². The molecule has 10 heteroatoms. The number of rotatable bonds is 9. The summed E-state index contributed by atoms with van der Waals surface area (Å²) >= 11 is 0. The highest BCUT2D eigenvalue weighted by Gasteiger charge is 2.21. The van der Waals surface area contributed by atoms with Gasteiger partial charge in [-0.3, -0.25) is 14.4 Å². The minimum atomic E-state index is -1.08. The van der Waals surface area contributed by atoms with E-state index in [1.165, 1.54) is 25.8 Å². The van der Waals surface area contributed by atoms with Gasteiger partial charge in [-0.05, 0) is 72.1 Å². The lowest BCUT2D eigenvalue weighted by atomic mass is 10.0. The highest BCUT2D eigenvalue weighted by Crippen LogP contribution is 2.31. The molecule has 0 radical (unpaired) electrons. The molecule has 0 saturated heterocycles. The van der Waals surface area contributed by atoms with Crippen LogP contribution in [-0.2, 0) is 17.8 Å². The van der Waals surface area contributed by atoms with Crippen LogP contribution in [-0.4, -0.2) is 43.7 Å². The summed E-state index contributed by atoms with van der Waals surface area (Å²) < 4.78 is 10.5. The smallest absolute Gasteiger partial charge is 0.305 e. The zero-order valence-corrected chi connectivity index (χ0v) is 21.9. The van der Waals surface area contributed by atoms with Gasteiger partial charge in [-0.15, -0.1) is 12.4 Å². The fourth-order valence-corrected chi connectivity index (χ4v) is 4.30. The molecule has 2 amide bonds. The van der Waals surface area contributed by atoms with Crippen LogP contribution in [0.4, 0.5) is 5.69 Å². The van der Waals surface area contributed by atoms with E-state index >= 15 is 0 Å². The van der Waals surface area contributed by atoms with Crippen LogP contribution >= 0.6 is 12.4 Å². The number of halogens is 1. The lowest BCUT2D eigenvalue weighted by Gasteiger charge is -2.19. The fraction of sp³-hybridized carbons (Fsp3) is 0.250. The summed E-state index contributed by atoms with van der Waals surface area (Å²) in [6.07, 6.45) is 0.613. The highest BCUT2D eigenvalue weighted by molar-refractivity contribution is 6.06. The maximum Gasteiger partial charge on any atom is 0.305 e. The summed E-state index contributed by atoms with van der Waals surface area (Å²) in [5.74, 6) is -1.02. The van der Waals surface area contributed by atoms with E-state index in [1.54, 1.807) is 36.4 Å². The van der Waals surface area contributed by atoms with Crippen molar-refractivity contribution >= 4 is 35.9 Å². The van der Waals surface area contributed by atoms with Gasteiger partial charge in [0.2, 0.25) is 0 Å². The van der Waals surface area contributed by atoms with Crippen LogP contribution in [0.15, 0.2) is 60.7 Å². The molecule has 1 heterocycles. The summed E-state index contributed by atoms with van der Waals surface area (Å²) in [6, 6.07) is 16.3. The molecule has 200 valence electrons. The van der Waals surface area contributed by atoms with Crippen LogP contribution in [0, 0.1) is 0 Å². The Balaban J connectivity index is 0.00000400. The first kappa shape index (κ1) is 28.5. The van der Waals surface area contributed by atoms with Crippen LogP contribution in [0.5, 0.6) is 11.5 Å². The molecule has 0 spiro atoms. The Morgan fingerprint density at radius 1 is 0.921 bits per heavy atom. The molecule has 0 aliphatic carbocycles. The third kappa shape index (κ3) is 6.81. The molecule has 3 aromatic rings. The molecule has 9 nitrogen and oxygen atoms in total. The summed E-state index contributed by atoms with van der Waals surface area (Å²) in [4.78, 5) is 37.5. The standard InChI is InChI=1S/C28H29N3O6.ClH/c1-36-24-9-7-18(14-25(24)37-2)23(15-26(32)33)31-28(35)20-5-3-4-19(12-20)27(34)30-22-8-6-17-10-11-29-16-21(17)13-22;/h3-9,12-14,23,29H,10-11,15-16H2,1-2H3,(H,30,34)(H,31,35)(H,32,33);1H. The number of hydrogen-bond acceptors (Lipinski definition) is 6. The van der Waals surface area contributed by atoms with E-state index in [0.29, 0.717) is 28.3 Å². The Labute approximate surface area is 226 Å². The van der Waals surface area contributed by atoms with Gasteiger partial charge in [-0.2, -0.15) is 0 Å². The van der Waals surface area contributed by atoms with Crippen molar-refractivity contribution in [2.75, 3.05) is 26.1 Å². The Kier molecular flexibility index (Phi) is 9.70. The van der Waals surface area contributed by atoms with Gasteiger partial charge < -0.3 is 30.5 Å². The molecule has 1 unspecified atom stereocenters. The van der Waals surface area contributed by atoms with Crippen molar-refractivity contribution in [2.45, 2.75) is 25.4 Å². The number of aliphatic carboxylic acids is 1. The molecular formula is C28H30ClN3O6. The molecule has 0 saturated carbocycles. The third-order valence-electron chi connectivity index (χ3n) is 6.23. The summed E-state index contributed by atoms with van der Waals surface area (Å²) in [6.45, 7) is 1.69. The predicted octanol–water partition coefficient (Wildman–Crippen LogP) is 3.97. The third-order valence-corrected chi connectivity index (χ3v) is 6.23. The quantitative estimate of drug-likeness (QED) is 0.324. The Morgan fingerprint density at radius 2 is 1.66 bits per heavy atom. The second-order valence-electron chi connectivity index (χ2n) is 8.68. The molecule has 0 fully saturated rings. The highest BCUT2D eigenvalue weighted by atomic mass is 35.5. The average Bonchev–Trinajstić information content (AvgIpc) is 2.92. The number of carboxylic acid groups (broad SMARTS) is 1. The summed E-state index contributed by atoms with van der Waals surface area (Å²) in [5.41, 5.74) is 4.18. The Morgan fingerprint density at radius 3 is 2.37 bits per heavy atom. The number of carbonyl (C=O) groups is 3. The van der Waals surface area contributed by atoms with Crippen molar-refractivity contribution in [3.63, 3.8) is 0 Å². The largest absolute Gasteiger partial charge is 0.493 e. The molecular weight excluding hydrogens is 510 g/mol. The molecule has 1 aliphatic heterocycles. The maximum atomic E-state index is 13.1. The Hall–Kier alpha value is -4.08. The number of nitrogens with one attached hydrogen (secondary N) is 3. The zero-order chi connectivity index (χ0) is 26.4. The minimum absolute atomic E-state index is 0. The van der Waals surface area contributed by atoms with Crippen LogP contribution < -0.4 is 25.4 Å². The van der Waals surface area contributed by atoms with E-state index in [4.69, 9.17) is 9.47 Å². The van der Waals surface area contributed by atoms with Gasteiger partial charge in [0.1, 0.15) is 0 Å². The van der Waals surface area contributed by atoms with E-state index in [9.17, 15) is 19.5 Å². The molecule has 38 heavy (non-hydrogen) atoms. The SMILES string of the molecule is COc1ccc(C(CC(=O)O)NC(=O)c2cccc(C(=O)Nc3ccc4c(c3)CNCC4)c2)cc1OC.Cl. The minimum Gasteiger partial charge on any atom is -0.493 e. The first-order chi connectivity index (χ1) is 17.9. The topological polar surface area (TPSA) is 126 Å². The van der Waals surface area contributed by atoms with Gasteiger partial charge in [-0.25, -0.2) is 0 Å². The van der Waals surface area contributed by atoms with Gasteiger partial charge in [0, 0.05) is 23.4 Å². The Bertz CT molecular complexity index is 1330. The van der Waals surface area contributed by atoms with E-state index in [0.717, 1.165) is 25.1 Å². The van der Waals surface area contributed by atoms with E-state index in [2.05, 4.69) is 16.0 Å². The number of anilines is 1. The molecule has 0 bridgehead atoms. The van der Waals surface area contributed by atoms with Crippen molar-refractivity contribution in [3.05, 3.63) is 88.5 Å². The number of amides is 2. The van der Waals surface area contributed by atoms with E-state index < -0.39 is 17.9 Å². The maximum absolute atomic E-state index is 13.1. The van der Waals surface area contributed by atoms with Crippen molar-refractivity contribution in [3.8, 4) is 11.5 Å². The number of ether oxygens (including phenoxy) is 2. The summed E-state index contributed by atoms with van der Waals surface area (Å²) in [7, 11) is 2.98. The monoisotopic (exact) mass is 539 g/mol. The van der Waals surface area contributed by atoms with Gasteiger partial charge in [0.25, 0.3) is 11.8 Å². The van der Waals surface area contributed by atoms with Crippen LogP contribution in [0.1, 0.15) is 49.9 Å². The van der Waals surface area contributed by atoms with Gasteiger partial charge >= 0.3 is 5.97 Å². The predicted molar refractivity (Wildman–Crippen MR) is 146 cm³/mol. The number of benzene rings is 3. The lowest BCUT2D eigenvalue weighted by Crippen LogP contribution is -2.30.